The lowest BCUT2D eigenvalue weighted by atomic mass is 9.96. The summed E-state index contributed by atoms with van der Waals surface area (Å²) in [5.74, 6) is -0.767. The van der Waals surface area contributed by atoms with Crippen LogP contribution in [0.15, 0.2) is 61.1 Å². The number of anilines is 1. The topological polar surface area (TPSA) is 123 Å². The van der Waals surface area contributed by atoms with Crippen LogP contribution in [0.5, 0.6) is 0 Å². The van der Waals surface area contributed by atoms with Crippen molar-refractivity contribution in [2.24, 2.45) is 5.73 Å². The number of nitrogens with zero attached hydrogens (tertiary/aromatic N) is 2. The van der Waals surface area contributed by atoms with E-state index < -0.39 is 5.92 Å². The van der Waals surface area contributed by atoms with Crippen molar-refractivity contribution in [3.8, 4) is 17.2 Å². The van der Waals surface area contributed by atoms with Crippen LogP contribution < -0.4 is 11.1 Å². The molecule has 1 atom stereocenters. The number of rotatable bonds is 5. The van der Waals surface area contributed by atoms with Crippen molar-refractivity contribution in [3.63, 3.8) is 0 Å². The number of nitrogens with one attached hydrogen (secondary N) is 3. The minimum absolute atomic E-state index is 0.141. The molecule has 1 unspecified atom stereocenters. The maximum Gasteiger partial charge on any atom is 0.233 e. The lowest BCUT2D eigenvalue weighted by Gasteiger charge is -2.16. The van der Waals surface area contributed by atoms with Gasteiger partial charge in [0, 0.05) is 35.5 Å². The third-order valence-corrected chi connectivity index (χ3v) is 4.75. The number of amides is 1. The number of fused-ring (bicyclic) bond motifs is 1. The fourth-order valence-electron chi connectivity index (χ4n) is 3.33. The SMILES string of the molecule is N#Cc1cccc(C(CN)C(=O)Nc2cccc3c(-c4cn[nH]c4)c[nH]c23)c1. The van der Waals surface area contributed by atoms with E-state index in [0.29, 0.717) is 11.3 Å². The minimum Gasteiger partial charge on any atom is -0.359 e. The highest BCUT2D eigenvalue weighted by molar-refractivity contribution is 6.07. The van der Waals surface area contributed by atoms with E-state index >= 15 is 0 Å². The van der Waals surface area contributed by atoms with Crippen LogP contribution in [0.25, 0.3) is 22.0 Å². The van der Waals surface area contributed by atoms with E-state index in [4.69, 9.17) is 11.0 Å². The largest absolute Gasteiger partial charge is 0.359 e. The first-order valence-corrected chi connectivity index (χ1v) is 8.81. The zero-order valence-electron chi connectivity index (χ0n) is 14.9. The van der Waals surface area contributed by atoms with Crippen molar-refractivity contribution in [2.75, 3.05) is 11.9 Å². The second-order valence-electron chi connectivity index (χ2n) is 6.43. The minimum atomic E-state index is -0.549. The predicted octanol–water partition coefficient (Wildman–Crippen LogP) is 3.11. The molecular weight excluding hydrogens is 352 g/mol. The Morgan fingerprint density at radius 2 is 2.11 bits per heavy atom. The van der Waals surface area contributed by atoms with Gasteiger partial charge in [-0.2, -0.15) is 10.4 Å². The second kappa shape index (κ2) is 7.39. The number of hydrogen-bond donors (Lipinski definition) is 4. The summed E-state index contributed by atoms with van der Waals surface area (Å²) < 4.78 is 0. The first-order valence-electron chi connectivity index (χ1n) is 8.81. The Morgan fingerprint density at radius 3 is 2.86 bits per heavy atom. The van der Waals surface area contributed by atoms with Crippen LogP contribution in [0.3, 0.4) is 0 Å². The number of benzene rings is 2. The molecule has 7 nitrogen and oxygen atoms in total. The molecule has 28 heavy (non-hydrogen) atoms. The van der Waals surface area contributed by atoms with E-state index in [1.807, 2.05) is 36.7 Å². The van der Waals surface area contributed by atoms with Crippen LogP contribution in [-0.4, -0.2) is 27.6 Å². The number of carbonyl (C=O) groups is 1. The van der Waals surface area contributed by atoms with E-state index in [-0.39, 0.29) is 12.5 Å². The lowest BCUT2D eigenvalue weighted by Crippen LogP contribution is -2.27. The Labute approximate surface area is 161 Å². The smallest absolute Gasteiger partial charge is 0.233 e. The molecule has 0 fully saturated rings. The van der Waals surface area contributed by atoms with Crippen molar-refractivity contribution in [1.82, 2.24) is 15.2 Å². The van der Waals surface area contributed by atoms with E-state index in [1.165, 1.54) is 0 Å². The molecule has 2 aromatic heterocycles. The van der Waals surface area contributed by atoms with Crippen LogP contribution in [0, 0.1) is 11.3 Å². The Hall–Kier alpha value is -3.89. The summed E-state index contributed by atoms with van der Waals surface area (Å²) >= 11 is 0. The molecule has 4 aromatic rings. The van der Waals surface area contributed by atoms with Gasteiger partial charge >= 0.3 is 0 Å². The van der Waals surface area contributed by atoms with E-state index in [0.717, 1.165) is 27.6 Å². The number of para-hydroxylation sites is 1. The molecule has 1 amide bonds. The van der Waals surface area contributed by atoms with Crippen molar-refractivity contribution in [2.45, 2.75) is 5.92 Å². The fourth-order valence-corrected chi connectivity index (χ4v) is 3.33. The van der Waals surface area contributed by atoms with E-state index in [2.05, 4.69) is 26.6 Å². The normalized spacial score (nSPS) is 11.9. The summed E-state index contributed by atoms with van der Waals surface area (Å²) in [6.07, 6.45) is 5.46. The Bertz CT molecular complexity index is 1170. The number of aromatic amines is 2. The van der Waals surface area contributed by atoms with Gasteiger partial charge in [-0.15, -0.1) is 0 Å². The van der Waals surface area contributed by atoms with Gasteiger partial charge in [-0.05, 0) is 23.8 Å². The van der Waals surface area contributed by atoms with Gasteiger partial charge in [0.1, 0.15) is 0 Å². The van der Waals surface area contributed by atoms with Gasteiger partial charge in [0.25, 0.3) is 0 Å². The standard InChI is InChI=1S/C21H18N6O/c22-8-13-3-1-4-14(7-13)17(9-23)21(28)27-19-6-2-5-16-18(12-24-20(16)19)15-10-25-26-11-15/h1-7,10-12,17,24H,9,23H2,(H,25,26)(H,27,28). The molecule has 0 aliphatic rings. The molecule has 0 radical (unpaired) electrons. The first kappa shape index (κ1) is 17.5. The summed E-state index contributed by atoms with van der Waals surface area (Å²) in [7, 11) is 0. The maximum absolute atomic E-state index is 12.9. The average molecular weight is 370 g/mol. The Kier molecular flexibility index (Phi) is 4.62. The van der Waals surface area contributed by atoms with Crippen molar-refractivity contribution in [1.29, 1.82) is 5.26 Å². The third-order valence-electron chi connectivity index (χ3n) is 4.75. The number of hydrogen-bond acceptors (Lipinski definition) is 4. The number of aromatic nitrogens is 3. The highest BCUT2D eigenvalue weighted by Crippen LogP contribution is 2.32. The summed E-state index contributed by atoms with van der Waals surface area (Å²) in [5.41, 5.74) is 10.5. The molecule has 0 aliphatic heterocycles. The number of carbonyl (C=O) groups excluding carboxylic acids is 1. The monoisotopic (exact) mass is 370 g/mol. The predicted molar refractivity (Wildman–Crippen MR) is 107 cm³/mol. The van der Waals surface area contributed by atoms with E-state index in [1.54, 1.807) is 24.4 Å². The van der Waals surface area contributed by atoms with Gasteiger partial charge < -0.3 is 16.0 Å². The molecule has 0 saturated heterocycles. The van der Waals surface area contributed by atoms with Gasteiger partial charge in [0.05, 0.1) is 35.0 Å². The van der Waals surface area contributed by atoms with Crippen molar-refractivity contribution in [3.05, 3.63) is 72.2 Å². The van der Waals surface area contributed by atoms with Crippen LogP contribution in [0.4, 0.5) is 5.69 Å². The van der Waals surface area contributed by atoms with Gasteiger partial charge in [-0.3, -0.25) is 9.89 Å². The fraction of sp³-hybridized carbons (Fsp3) is 0.0952. The summed E-state index contributed by atoms with van der Waals surface area (Å²) in [5, 5.41) is 19.9. The van der Waals surface area contributed by atoms with Gasteiger partial charge in [0.15, 0.2) is 0 Å². The molecular formula is C21H18N6O. The summed E-state index contributed by atoms with van der Waals surface area (Å²) in [6, 6.07) is 14.8. The number of nitriles is 1. The van der Waals surface area contributed by atoms with Gasteiger partial charge in [-0.1, -0.05) is 24.3 Å². The van der Waals surface area contributed by atoms with Gasteiger partial charge in [-0.25, -0.2) is 0 Å². The molecule has 2 heterocycles. The third kappa shape index (κ3) is 3.13. The van der Waals surface area contributed by atoms with Crippen LogP contribution >= 0.6 is 0 Å². The Morgan fingerprint density at radius 1 is 1.25 bits per heavy atom. The second-order valence-corrected chi connectivity index (χ2v) is 6.43. The summed E-state index contributed by atoms with van der Waals surface area (Å²) in [4.78, 5) is 16.2. The van der Waals surface area contributed by atoms with Crippen LogP contribution in [0.1, 0.15) is 17.0 Å². The van der Waals surface area contributed by atoms with E-state index in [9.17, 15) is 4.79 Å². The maximum atomic E-state index is 12.9. The molecule has 7 heteroatoms. The van der Waals surface area contributed by atoms with Crippen molar-refractivity contribution >= 4 is 22.5 Å². The van der Waals surface area contributed by atoms with Crippen molar-refractivity contribution < 1.29 is 4.79 Å². The quantitative estimate of drug-likeness (QED) is 0.431. The Balaban J connectivity index is 1.65. The molecule has 0 bridgehead atoms. The highest BCUT2D eigenvalue weighted by atomic mass is 16.1. The molecule has 0 aliphatic carbocycles. The molecule has 5 N–H and O–H groups in total. The summed E-state index contributed by atoms with van der Waals surface area (Å²) in [6.45, 7) is 0.141. The molecule has 0 spiro atoms. The first-order chi connectivity index (χ1) is 13.7. The zero-order chi connectivity index (χ0) is 19.5. The molecule has 138 valence electrons. The molecule has 2 aromatic carbocycles. The highest BCUT2D eigenvalue weighted by Gasteiger charge is 2.21. The average Bonchev–Trinajstić information content (AvgIpc) is 3.38. The van der Waals surface area contributed by atoms with Gasteiger partial charge in [0.2, 0.25) is 5.91 Å². The lowest BCUT2D eigenvalue weighted by molar-refractivity contribution is -0.117. The molecule has 4 rings (SSSR count). The van der Waals surface area contributed by atoms with Crippen LogP contribution in [0.2, 0.25) is 0 Å². The number of nitrogens with two attached hydrogens (primary N) is 1. The van der Waals surface area contributed by atoms with Crippen LogP contribution in [-0.2, 0) is 4.79 Å². The molecule has 0 saturated carbocycles. The number of H-pyrrole nitrogens is 2. The zero-order valence-corrected chi connectivity index (χ0v) is 14.9.